The lowest BCUT2D eigenvalue weighted by atomic mass is 10.2. The molecule has 0 unspecified atom stereocenters. The van der Waals surface area contributed by atoms with Gasteiger partial charge in [0.15, 0.2) is 0 Å². The van der Waals surface area contributed by atoms with Crippen LogP contribution in [0.15, 0.2) is 36.4 Å². The Kier molecular flexibility index (Phi) is 3.81. The van der Waals surface area contributed by atoms with Gasteiger partial charge in [0.2, 0.25) is 0 Å². The third-order valence-electron chi connectivity index (χ3n) is 2.34. The SMILES string of the molecule is CCc1ccc(/C=C/c2ccc(Cl)cc2)s1. The molecule has 0 radical (unpaired) electrons. The summed E-state index contributed by atoms with van der Waals surface area (Å²) in [6.07, 6.45) is 5.37. The van der Waals surface area contributed by atoms with E-state index in [9.17, 15) is 0 Å². The van der Waals surface area contributed by atoms with Gasteiger partial charge in [0.05, 0.1) is 0 Å². The smallest absolute Gasteiger partial charge is 0.0406 e. The normalized spacial score (nSPS) is 11.1. The van der Waals surface area contributed by atoms with E-state index in [0.29, 0.717) is 0 Å². The predicted molar refractivity (Wildman–Crippen MR) is 74.1 cm³/mol. The van der Waals surface area contributed by atoms with Gasteiger partial charge in [0.1, 0.15) is 0 Å². The van der Waals surface area contributed by atoms with Crippen molar-refractivity contribution in [3.05, 3.63) is 56.7 Å². The number of thiophene rings is 1. The van der Waals surface area contributed by atoms with Gasteiger partial charge in [-0.1, -0.05) is 36.7 Å². The van der Waals surface area contributed by atoms with E-state index < -0.39 is 0 Å². The van der Waals surface area contributed by atoms with E-state index in [-0.39, 0.29) is 0 Å². The Morgan fingerprint density at radius 3 is 2.44 bits per heavy atom. The molecule has 0 fully saturated rings. The van der Waals surface area contributed by atoms with Crippen molar-refractivity contribution in [3.63, 3.8) is 0 Å². The molecule has 1 aromatic carbocycles. The van der Waals surface area contributed by atoms with Gasteiger partial charge in [-0.2, -0.15) is 0 Å². The lowest BCUT2D eigenvalue weighted by Crippen LogP contribution is -1.69. The van der Waals surface area contributed by atoms with Gasteiger partial charge in [0, 0.05) is 14.8 Å². The molecule has 0 atom stereocenters. The summed E-state index contributed by atoms with van der Waals surface area (Å²) in [5.41, 5.74) is 1.18. The van der Waals surface area contributed by atoms with Crippen LogP contribution in [0.1, 0.15) is 22.2 Å². The maximum atomic E-state index is 5.83. The van der Waals surface area contributed by atoms with Crippen molar-refractivity contribution in [2.45, 2.75) is 13.3 Å². The minimum absolute atomic E-state index is 0.779. The van der Waals surface area contributed by atoms with E-state index in [1.165, 1.54) is 15.3 Å². The zero-order valence-corrected chi connectivity index (χ0v) is 10.7. The molecule has 0 aliphatic heterocycles. The van der Waals surface area contributed by atoms with Crippen LogP contribution in [0.3, 0.4) is 0 Å². The summed E-state index contributed by atoms with van der Waals surface area (Å²) in [6, 6.07) is 12.2. The fraction of sp³-hybridized carbons (Fsp3) is 0.143. The Hall–Kier alpha value is -1.05. The first-order valence-electron chi connectivity index (χ1n) is 5.30. The first-order valence-corrected chi connectivity index (χ1v) is 6.50. The molecule has 1 aromatic heterocycles. The molecule has 0 amide bonds. The highest BCUT2D eigenvalue weighted by Crippen LogP contribution is 2.19. The summed E-state index contributed by atoms with van der Waals surface area (Å²) in [4.78, 5) is 2.72. The zero-order chi connectivity index (χ0) is 11.4. The minimum atomic E-state index is 0.779. The van der Waals surface area contributed by atoms with Gasteiger partial charge >= 0.3 is 0 Å². The number of halogens is 1. The molecule has 2 heteroatoms. The molecule has 0 aliphatic carbocycles. The molecular weight excluding hydrogens is 236 g/mol. The highest BCUT2D eigenvalue weighted by atomic mass is 35.5. The molecule has 2 rings (SSSR count). The number of aryl methyl sites for hydroxylation is 1. The van der Waals surface area contributed by atoms with E-state index in [2.05, 4.69) is 31.2 Å². The largest absolute Gasteiger partial charge is 0.141 e. The van der Waals surface area contributed by atoms with Crippen LogP contribution in [0.4, 0.5) is 0 Å². The maximum Gasteiger partial charge on any atom is 0.0406 e. The summed E-state index contributed by atoms with van der Waals surface area (Å²) in [5.74, 6) is 0. The Bertz CT molecular complexity index is 480. The summed E-state index contributed by atoms with van der Waals surface area (Å²) in [5, 5.41) is 0.779. The molecule has 16 heavy (non-hydrogen) atoms. The van der Waals surface area contributed by atoms with Crippen molar-refractivity contribution in [2.75, 3.05) is 0 Å². The van der Waals surface area contributed by atoms with Crippen LogP contribution < -0.4 is 0 Å². The third kappa shape index (κ3) is 2.97. The van der Waals surface area contributed by atoms with E-state index in [4.69, 9.17) is 11.6 Å². The van der Waals surface area contributed by atoms with Gasteiger partial charge in [0.25, 0.3) is 0 Å². The topological polar surface area (TPSA) is 0 Å². The molecule has 0 N–H and O–H groups in total. The molecular formula is C14H13ClS. The van der Waals surface area contributed by atoms with E-state index >= 15 is 0 Å². The summed E-state index contributed by atoms with van der Waals surface area (Å²) in [7, 11) is 0. The second-order valence-electron chi connectivity index (χ2n) is 3.54. The van der Waals surface area contributed by atoms with E-state index in [1.807, 2.05) is 35.6 Å². The Morgan fingerprint density at radius 1 is 1.06 bits per heavy atom. The minimum Gasteiger partial charge on any atom is -0.141 e. The van der Waals surface area contributed by atoms with Gasteiger partial charge in [-0.3, -0.25) is 0 Å². The standard InChI is InChI=1S/C14H13ClS/c1-2-13-9-10-14(16-13)8-5-11-3-6-12(15)7-4-11/h3-10H,2H2,1H3/b8-5+. The summed E-state index contributed by atoms with van der Waals surface area (Å²) < 4.78 is 0. The van der Waals surface area contributed by atoms with Crippen LogP contribution in [-0.2, 0) is 6.42 Å². The zero-order valence-electron chi connectivity index (χ0n) is 9.11. The fourth-order valence-electron chi connectivity index (χ4n) is 1.43. The van der Waals surface area contributed by atoms with Gasteiger partial charge < -0.3 is 0 Å². The van der Waals surface area contributed by atoms with Gasteiger partial charge in [-0.05, 0) is 42.3 Å². The van der Waals surface area contributed by atoms with Gasteiger partial charge in [-0.15, -0.1) is 11.3 Å². The molecule has 0 saturated heterocycles. The molecule has 1 heterocycles. The second-order valence-corrected chi connectivity index (χ2v) is 5.18. The number of rotatable bonds is 3. The van der Waals surface area contributed by atoms with Crippen molar-refractivity contribution in [2.24, 2.45) is 0 Å². The molecule has 0 nitrogen and oxygen atoms in total. The highest BCUT2D eigenvalue weighted by Gasteiger charge is 1.94. The first-order chi connectivity index (χ1) is 7.78. The Labute approximate surface area is 105 Å². The Morgan fingerprint density at radius 2 is 1.81 bits per heavy atom. The molecule has 0 saturated carbocycles. The van der Waals surface area contributed by atoms with Gasteiger partial charge in [-0.25, -0.2) is 0 Å². The first kappa shape index (κ1) is 11.4. The fourth-order valence-corrected chi connectivity index (χ4v) is 2.41. The molecule has 0 spiro atoms. The summed E-state index contributed by atoms with van der Waals surface area (Å²) in [6.45, 7) is 2.18. The van der Waals surface area contributed by atoms with Crippen molar-refractivity contribution in [1.29, 1.82) is 0 Å². The van der Waals surface area contributed by atoms with Crippen LogP contribution >= 0.6 is 22.9 Å². The number of benzene rings is 1. The van der Waals surface area contributed by atoms with Crippen LogP contribution in [-0.4, -0.2) is 0 Å². The summed E-state index contributed by atoms with van der Waals surface area (Å²) >= 11 is 7.67. The molecule has 82 valence electrons. The molecule has 0 bridgehead atoms. The van der Waals surface area contributed by atoms with Crippen molar-refractivity contribution in [3.8, 4) is 0 Å². The van der Waals surface area contributed by atoms with Crippen LogP contribution in [0.25, 0.3) is 12.2 Å². The van der Waals surface area contributed by atoms with Crippen molar-refractivity contribution >= 4 is 35.1 Å². The predicted octanol–water partition coefficient (Wildman–Crippen LogP) is 5.13. The third-order valence-corrected chi connectivity index (χ3v) is 3.79. The molecule has 0 aliphatic rings. The van der Waals surface area contributed by atoms with Crippen LogP contribution in [0.5, 0.6) is 0 Å². The lowest BCUT2D eigenvalue weighted by molar-refractivity contribution is 1.19. The Balaban J connectivity index is 2.11. The van der Waals surface area contributed by atoms with Crippen molar-refractivity contribution in [1.82, 2.24) is 0 Å². The van der Waals surface area contributed by atoms with E-state index in [0.717, 1.165) is 11.4 Å². The van der Waals surface area contributed by atoms with Crippen LogP contribution in [0.2, 0.25) is 5.02 Å². The second kappa shape index (κ2) is 5.33. The van der Waals surface area contributed by atoms with Crippen molar-refractivity contribution < 1.29 is 0 Å². The maximum absolute atomic E-state index is 5.83. The highest BCUT2D eigenvalue weighted by molar-refractivity contribution is 7.12. The van der Waals surface area contributed by atoms with E-state index in [1.54, 1.807) is 0 Å². The van der Waals surface area contributed by atoms with Crippen LogP contribution in [0, 0.1) is 0 Å². The average molecular weight is 249 g/mol. The average Bonchev–Trinajstić information content (AvgIpc) is 2.76. The quantitative estimate of drug-likeness (QED) is 0.706. The monoisotopic (exact) mass is 248 g/mol. The number of hydrogen-bond acceptors (Lipinski definition) is 1. The number of hydrogen-bond donors (Lipinski definition) is 0. The lowest BCUT2D eigenvalue weighted by Gasteiger charge is -1.92. The molecule has 2 aromatic rings.